The molecule has 0 aromatic heterocycles. The van der Waals surface area contributed by atoms with E-state index in [1.807, 2.05) is 0 Å². The molecule has 1 aliphatic heterocycles. The number of halogens is 2. The van der Waals surface area contributed by atoms with Gasteiger partial charge in [-0.15, -0.1) is 23.5 Å². The SMILES string of the molecule is CCC(=O)NCCSc1c(NC(=O)CCCCN=C(N)N)cc(Cl)cc1NC(=O)C1=CC(C(=O)Nc2cc(Cl)cc(NC(=O)CCCCCN=C(N)N)c2SCCNC=O)=CCCC=N1. The maximum atomic E-state index is 14.1. The molecule has 6 amide bonds. The van der Waals surface area contributed by atoms with Crippen molar-refractivity contribution in [3.8, 4) is 0 Å². The van der Waals surface area contributed by atoms with Crippen molar-refractivity contribution in [3.63, 3.8) is 0 Å². The molecule has 19 nitrogen and oxygen atoms in total. The first-order valence-corrected chi connectivity index (χ1v) is 23.6. The van der Waals surface area contributed by atoms with Gasteiger partial charge in [-0.2, -0.15) is 0 Å². The summed E-state index contributed by atoms with van der Waals surface area (Å²) in [5.41, 5.74) is 22.8. The average molecular weight is 975 g/mol. The molecule has 2 aromatic carbocycles. The first-order chi connectivity index (χ1) is 31.2. The molecular weight excluding hydrogens is 918 g/mol. The first-order valence-electron chi connectivity index (χ1n) is 20.8. The second-order valence-electron chi connectivity index (χ2n) is 14.1. The Labute approximate surface area is 396 Å². The number of aliphatic imine (C=N–C) groups is 3. The molecule has 3 rings (SSSR count). The van der Waals surface area contributed by atoms with Crippen LogP contribution in [-0.2, 0) is 28.8 Å². The lowest BCUT2D eigenvalue weighted by molar-refractivity contribution is -0.121. The van der Waals surface area contributed by atoms with Crippen LogP contribution in [0.4, 0.5) is 22.7 Å². The van der Waals surface area contributed by atoms with E-state index in [1.54, 1.807) is 37.4 Å². The number of thioether (sulfide) groups is 2. The van der Waals surface area contributed by atoms with Crippen LogP contribution in [0.25, 0.3) is 0 Å². The summed E-state index contributed by atoms with van der Waals surface area (Å²) < 4.78 is 0. The van der Waals surface area contributed by atoms with Crippen LogP contribution < -0.4 is 54.8 Å². The van der Waals surface area contributed by atoms with Gasteiger partial charge in [-0.3, -0.25) is 43.7 Å². The van der Waals surface area contributed by atoms with Crippen LogP contribution in [-0.4, -0.2) is 91.8 Å². The fourth-order valence-electron chi connectivity index (χ4n) is 5.81. The number of amides is 6. The average Bonchev–Trinajstić information content (AvgIpc) is 3.23. The molecule has 0 radical (unpaired) electrons. The summed E-state index contributed by atoms with van der Waals surface area (Å²) in [6.07, 6.45) is 9.78. The van der Waals surface area contributed by atoms with Gasteiger partial charge in [-0.25, -0.2) is 0 Å². The number of carbonyl (C=O) groups is 6. The quantitative estimate of drug-likeness (QED) is 0.0189. The van der Waals surface area contributed by atoms with Crippen LogP contribution in [0.15, 0.2) is 72.5 Å². The molecular formula is C42H57Cl2N13O6S2. The van der Waals surface area contributed by atoms with Crippen LogP contribution in [0.1, 0.15) is 71.1 Å². The Balaban J connectivity index is 1.89. The number of nitrogens with two attached hydrogens (primary N) is 4. The standard InChI is InChI=1S/C42H57Cl2N13O6S2/c1-2-34(59)51-17-19-65-38-30(55-36(61)12-6-9-15-53-42(47)48)22-28(44)24-32(38)57-40(63)33-20-26(10-5-8-13-50-33)39(62)56-31-23-27(43)21-29(37(31)64-18-16-49-25-58)54-35(60)11-4-3-7-14-52-41(45)46/h10,13,20-25H,2-9,11-12,14-19H2,1H3,(H,49,58)(H,51,59)(H,54,60)(H,55,61)(H,56,62)(H,57,63)(H4,45,46,52)(H4,47,48,53). The van der Waals surface area contributed by atoms with Crippen LogP contribution in [0.3, 0.4) is 0 Å². The fraction of sp³-hybridized carbons (Fsp3) is 0.405. The molecule has 0 aliphatic carbocycles. The van der Waals surface area contributed by atoms with Crippen molar-refractivity contribution in [2.75, 3.05) is 59.0 Å². The topological polar surface area (TPSA) is 316 Å². The van der Waals surface area contributed by atoms with E-state index in [0.717, 1.165) is 6.42 Å². The molecule has 0 saturated carbocycles. The normalized spacial score (nSPS) is 12.0. The van der Waals surface area contributed by atoms with Gasteiger partial charge in [0.15, 0.2) is 11.9 Å². The summed E-state index contributed by atoms with van der Waals surface area (Å²) in [6, 6.07) is 6.22. The first kappa shape index (κ1) is 53.6. The Morgan fingerprint density at radius 2 is 1.20 bits per heavy atom. The van der Waals surface area contributed by atoms with E-state index in [4.69, 9.17) is 46.1 Å². The van der Waals surface area contributed by atoms with Crippen molar-refractivity contribution in [2.45, 2.75) is 80.9 Å². The van der Waals surface area contributed by atoms with Crippen molar-refractivity contribution < 1.29 is 28.8 Å². The Kier molecular flexibility index (Phi) is 24.4. The minimum atomic E-state index is -0.676. The second kappa shape index (κ2) is 29.6. The third-order valence-corrected chi connectivity index (χ3v) is 11.6. The second-order valence-corrected chi connectivity index (χ2v) is 17.2. The van der Waals surface area contributed by atoms with E-state index < -0.39 is 11.8 Å². The summed E-state index contributed by atoms with van der Waals surface area (Å²) in [7, 11) is 0. The Morgan fingerprint density at radius 3 is 1.74 bits per heavy atom. The third kappa shape index (κ3) is 20.7. The summed E-state index contributed by atoms with van der Waals surface area (Å²) in [6.45, 7) is 3.18. The van der Waals surface area contributed by atoms with E-state index >= 15 is 0 Å². The minimum Gasteiger partial charge on any atom is -0.370 e. The zero-order valence-electron chi connectivity index (χ0n) is 36.1. The van der Waals surface area contributed by atoms with Gasteiger partial charge >= 0.3 is 0 Å². The zero-order valence-corrected chi connectivity index (χ0v) is 39.3. The maximum Gasteiger partial charge on any atom is 0.274 e. The largest absolute Gasteiger partial charge is 0.370 e. The number of hydrogen-bond acceptors (Lipinski definition) is 11. The smallest absolute Gasteiger partial charge is 0.274 e. The predicted octanol–water partition coefficient (Wildman–Crippen LogP) is 4.86. The number of benzene rings is 2. The van der Waals surface area contributed by atoms with Crippen LogP contribution in [0, 0.1) is 0 Å². The number of nitrogens with zero attached hydrogens (tertiary/aromatic N) is 3. The summed E-state index contributed by atoms with van der Waals surface area (Å²) >= 11 is 15.6. The van der Waals surface area contributed by atoms with E-state index in [9.17, 15) is 28.8 Å². The monoisotopic (exact) mass is 973 g/mol. The van der Waals surface area contributed by atoms with E-state index in [-0.39, 0.29) is 75.2 Å². The van der Waals surface area contributed by atoms with Crippen molar-refractivity contribution in [1.82, 2.24) is 10.6 Å². The van der Waals surface area contributed by atoms with Crippen LogP contribution in [0.2, 0.25) is 10.0 Å². The van der Waals surface area contributed by atoms with Gasteiger partial charge in [-0.05, 0) is 68.9 Å². The Hall–Kier alpha value is -5.77. The molecule has 2 aromatic rings. The molecule has 1 aliphatic rings. The number of guanidine groups is 2. The highest BCUT2D eigenvalue weighted by atomic mass is 35.5. The Morgan fingerprint density at radius 1 is 0.692 bits per heavy atom. The maximum absolute atomic E-state index is 14.1. The predicted molar refractivity (Wildman–Crippen MR) is 264 cm³/mol. The molecule has 0 spiro atoms. The summed E-state index contributed by atoms with van der Waals surface area (Å²) in [4.78, 5) is 90.4. The molecule has 0 unspecified atom stereocenters. The van der Waals surface area contributed by atoms with E-state index in [2.05, 4.69) is 46.9 Å². The lowest BCUT2D eigenvalue weighted by Crippen LogP contribution is -2.24. The molecule has 0 saturated heterocycles. The van der Waals surface area contributed by atoms with Gasteiger partial charge in [0, 0.05) is 78.8 Å². The molecule has 14 N–H and O–H groups in total. The lowest BCUT2D eigenvalue weighted by Gasteiger charge is -2.18. The van der Waals surface area contributed by atoms with Crippen LogP contribution >= 0.6 is 46.7 Å². The molecule has 0 atom stereocenters. The highest BCUT2D eigenvalue weighted by Crippen LogP contribution is 2.39. The van der Waals surface area contributed by atoms with Crippen molar-refractivity contribution >= 4 is 124 Å². The van der Waals surface area contributed by atoms with Crippen molar-refractivity contribution in [2.24, 2.45) is 37.9 Å². The minimum absolute atomic E-state index is 0.00974. The molecule has 352 valence electrons. The number of unbranched alkanes of at least 4 members (excludes halogenated alkanes) is 3. The summed E-state index contributed by atoms with van der Waals surface area (Å²) in [5, 5.41) is 17.4. The number of anilines is 4. The third-order valence-electron chi connectivity index (χ3n) is 8.86. The van der Waals surface area contributed by atoms with Gasteiger partial charge in [0.1, 0.15) is 5.70 Å². The molecule has 0 fully saturated rings. The molecule has 65 heavy (non-hydrogen) atoms. The summed E-state index contributed by atoms with van der Waals surface area (Å²) in [5.74, 6) is -1.21. The fourth-order valence-corrected chi connectivity index (χ4v) is 8.14. The van der Waals surface area contributed by atoms with Gasteiger partial charge < -0.3 is 54.8 Å². The Bertz CT molecular complexity index is 2160. The zero-order chi connectivity index (χ0) is 47.6. The highest BCUT2D eigenvalue weighted by molar-refractivity contribution is 7.99. The van der Waals surface area contributed by atoms with Gasteiger partial charge in [0.25, 0.3) is 11.8 Å². The number of rotatable bonds is 27. The number of nitrogens with one attached hydrogen (secondary N) is 6. The molecule has 0 bridgehead atoms. The highest BCUT2D eigenvalue weighted by Gasteiger charge is 2.22. The van der Waals surface area contributed by atoms with Crippen LogP contribution in [0.5, 0.6) is 0 Å². The van der Waals surface area contributed by atoms with Gasteiger partial charge in [0.2, 0.25) is 24.1 Å². The van der Waals surface area contributed by atoms with Crippen molar-refractivity contribution in [3.05, 3.63) is 57.7 Å². The number of allylic oxidation sites excluding steroid dienone is 1. The van der Waals surface area contributed by atoms with Gasteiger partial charge in [0.05, 0.1) is 32.5 Å². The number of hydrogen-bond donors (Lipinski definition) is 10. The molecule has 23 heteroatoms. The number of carbonyl (C=O) groups excluding carboxylic acids is 6. The lowest BCUT2D eigenvalue weighted by atomic mass is 10.1. The van der Waals surface area contributed by atoms with Crippen molar-refractivity contribution in [1.29, 1.82) is 0 Å². The molecule has 1 heterocycles. The van der Waals surface area contributed by atoms with E-state index in [1.165, 1.54) is 35.7 Å². The van der Waals surface area contributed by atoms with E-state index in [0.29, 0.717) is 110 Å². The van der Waals surface area contributed by atoms with Gasteiger partial charge in [-0.1, -0.05) is 42.6 Å².